The van der Waals surface area contributed by atoms with Crippen molar-refractivity contribution in [3.05, 3.63) is 47.8 Å². The maximum absolute atomic E-state index is 11.2. The number of likely N-dealkylation sites (tertiary alicyclic amines) is 1. The normalized spacial score (nSPS) is 14.8. The predicted octanol–water partition coefficient (Wildman–Crippen LogP) is 2.77. The van der Waals surface area contributed by atoms with E-state index in [0.717, 1.165) is 38.2 Å². The lowest BCUT2D eigenvalue weighted by Gasteiger charge is -2.32. The number of nitrogens with zero attached hydrogens (tertiary/aromatic N) is 4. The number of anilines is 1. The number of benzene rings is 1. The number of piperidine rings is 1. The molecule has 1 N–H and O–H groups in total. The molecule has 1 aromatic heterocycles. The molecule has 0 atom stereocenters. The number of amides is 1. The first kappa shape index (κ1) is 21.9. The second-order valence-corrected chi connectivity index (χ2v) is 7.11. The monoisotopic (exact) mass is 405 g/mol. The van der Waals surface area contributed by atoms with Crippen LogP contribution in [0.25, 0.3) is 0 Å². The van der Waals surface area contributed by atoms with Crippen molar-refractivity contribution in [2.45, 2.75) is 32.2 Å². The Morgan fingerprint density at radius 3 is 2.54 bits per heavy atom. The molecule has 7 nitrogen and oxygen atoms in total. The number of hydrogen-bond acceptors (Lipinski definition) is 6. The molecule has 0 unspecified atom stereocenters. The van der Waals surface area contributed by atoms with E-state index in [0.29, 0.717) is 11.7 Å². The Hall–Kier alpha value is -2.38. The van der Waals surface area contributed by atoms with Gasteiger partial charge < -0.3 is 9.74 Å². The smallest absolute Gasteiger partial charge is 0.269 e. The first-order valence-electron chi connectivity index (χ1n) is 9.27. The maximum Gasteiger partial charge on any atom is 0.269 e. The second-order valence-electron chi connectivity index (χ2n) is 7.11. The van der Waals surface area contributed by atoms with E-state index >= 15 is 0 Å². The van der Waals surface area contributed by atoms with Gasteiger partial charge >= 0.3 is 0 Å². The average Bonchev–Trinajstić information content (AvgIpc) is 2.67. The van der Waals surface area contributed by atoms with Gasteiger partial charge in [-0.15, -0.1) is 12.4 Å². The molecule has 1 aliphatic heterocycles. The topological polar surface area (TPSA) is 70.6 Å². The van der Waals surface area contributed by atoms with E-state index in [9.17, 15) is 4.79 Å². The van der Waals surface area contributed by atoms with Crippen LogP contribution in [-0.4, -0.2) is 48.0 Å². The van der Waals surface area contributed by atoms with E-state index in [4.69, 9.17) is 4.84 Å². The number of rotatable bonds is 6. The highest BCUT2D eigenvalue weighted by Crippen LogP contribution is 2.32. The molecule has 1 amide bonds. The lowest BCUT2D eigenvalue weighted by atomic mass is 9.93. The van der Waals surface area contributed by atoms with Crippen molar-refractivity contribution in [3.8, 4) is 5.88 Å². The van der Waals surface area contributed by atoms with Gasteiger partial charge in [-0.1, -0.05) is 30.3 Å². The molecule has 0 radical (unpaired) electrons. The van der Waals surface area contributed by atoms with Crippen molar-refractivity contribution in [1.82, 2.24) is 20.3 Å². The maximum atomic E-state index is 11.2. The molecule has 1 aliphatic rings. The molecule has 1 aromatic carbocycles. The van der Waals surface area contributed by atoms with Crippen LogP contribution in [0.15, 0.2) is 36.5 Å². The fraction of sp³-hybridized carbons (Fsp3) is 0.450. The number of hydrogen-bond donors (Lipinski definition) is 1. The van der Waals surface area contributed by atoms with E-state index in [1.165, 1.54) is 12.5 Å². The SMILES string of the molecule is CC(=O)NOc1nc(N(C)C)cnc1C1CCN(Cc2ccccc2)CC1.Cl. The van der Waals surface area contributed by atoms with E-state index < -0.39 is 0 Å². The molecule has 0 bridgehead atoms. The lowest BCUT2D eigenvalue weighted by molar-refractivity contribution is -0.125. The molecule has 2 aromatic rings. The summed E-state index contributed by atoms with van der Waals surface area (Å²) in [5, 5.41) is 0. The Bertz CT molecular complexity index is 764. The molecule has 0 spiro atoms. The quantitative estimate of drug-likeness (QED) is 0.745. The summed E-state index contributed by atoms with van der Waals surface area (Å²) < 4.78 is 0. The Morgan fingerprint density at radius 2 is 1.93 bits per heavy atom. The number of nitrogens with one attached hydrogen (secondary N) is 1. The summed E-state index contributed by atoms with van der Waals surface area (Å²) in [6.07, 6.45) is 3.73. The average molecular weight is 406 g/mol. The highest BCUT2D eigenvalue weighted by atomic mass is 35.5. The fourth-order valence-electron chi connectivity index (χ4n) is 3.27. The van der Waals surface area contributed by atoms with E-state index in [2.05, 4.69) is 44.6 Å². The van der Waals surface area contributed by atoms with Gasteiger partial charge in [-0.2, -0.15) is 10.5 Å². The lowest BCUT2D eigenvalue weighted by Crippen LogP contribution is -2.33. The number of halogens is 1. The van der Waals surface area contributed by atoms with Crippen LogP contribution in [0.1, 0.15) is 36.9 Å². The van der Waals surface area contributed by atoms with Crippen molar-refractivity contribution in [2.24, 2.45) is 0 Å². The van der Waals surface area contributed by atoms with Crippen molar-refractivity contribution in [1.29, 1.82) is 0 Å². The van der Waals surface area contributed by atoms with Crippen LogP contribution in [0.4, 0.5) is 5.82 Å². The van der Waals surface area contributed by atoms with Gasteiger partial charge in [0, 0.05) is 33.5 Å². The summed E-state index contributed by atoms with van der Waals surface area (Å²) >= 11 is 0. The summed E-state index contributed by atoms with van der Waals surface area (Å²) in [6.45, 7) is 4.37. The molecule has 2 heterocycles. The van der Waals surface area contributed by atoms with Gasteiger partial charge in [0.25, 0.3) is 5.88 Å². The number of aromatic nitrogens is 2. The standard InChI is InChI=1S/C20H27N5O2.ClH/c1-15(26)23-27-20-19(21-13-18(22-20)24(2)3)17-9-11-25(12-10-17)14-16-7-5-4-6-8-16;/h4-8,13,17H,9-12,14H2,1-3H3,(H,23,26);1H. The number of carbonyl (C=O) groups is 1. The third-order valence-electron chi connectivity index (χ3n) is 4.73. The Kier molecular flexibility index (Phi) is 8.02. The van der Waals surface area contributed by atoms with Gasteiger partial charge in [-0.25, -0.2) is 0 Å². The van der Waals surface area contributed by atoms with E-state index in [1.54, 1.807) is 6.20 Å². The number of carbonyl (C=O) groups excluding carboxylic acids is 1. The largest absolute Gasteiger partial charge is 0.361 e. The molecule has 0 saturated carbocycles. The van der Waals surface area contributed by atoms with Crippen molar-refractivity contribution in [3.63, 3.8) is 0 Å². The third-order valence-corrected chi connectivity index (χ3v) is 4.73. The van der Waals surface area contributed by atoms with Gasteiger partial charge in [-0.3, -0.25) is 14.7 Å². The minimum Gasteiger partial charge on any atom is -0.361 e. The van der Waals surface area contributed by atoms with Gasteiger partial charge in [0.2, 0.25) is 5.91 Å². The van der Waals surface area contributed by atoms with Crippen molar-refractivity contribution >= 4 is 24.1 Å². The molecule has 1 fully saturated rings. The number of hydroxylamine groups is 1. The Labute approximate surface area is 172 Å². The van der Waals surface area contributed by atoms with Gasteiger partial charge in [0.1, 0.15) is 5.69 Å². The molecule has 0 aliphatic carbocycles. The minimum absolute atomic E-state index is 0. The first-order chi connectivity index (χ1) is 13.0. The predicted molar refractivity (Wildman–Crippen MR) is 112 cm³/mol. The fourth-order valence-corrected chi connectivity index (χ4v) is 3.27. The van der Waals surface area contributed by atoms with Crippen molar-refractivity contribution < 1.29 is 9.63 Å². The Morgan fingerprint density at radius 1 is 1.25 bits per heavy atom. The highest BCUT2D eigenvalue weighted by Gasteiger charge is 2.26. The van der Waals surface area contributed by atoms with Crippen LogP contribution < -0.4 is 15.2 Å². The van der Waals surface area contributed by atoms with Crippen LogP contribution in [-0.2, 0) is 11.3 Å². The molecule has 3 rings (SSSR count). The van der Waals surface area contributed by atoms with Crippen LogP contribution in [0.2, 0.25) is 0 Å². The van der Waals surface area contributed by atoms with Gasteiger partial charge in [-0.05, 0) is 31.5 Å². The molecule has 1 saturated heterocycles. The molecular formula is C20H28ClN5O2. The summed E-state index contributed by atoms with van der Waals surface area (Å²) in [7, 11) is 3.79. The van der Waals surface area contributed by atoms with Gasteiger partial charge in [0.05, 0.1) is 6.20 Å². The second kappa shape index (κ2) is 10.2. The van der Waals surface area contributed by atoms with Crippen molar-refractivity contribution in [2.75, 3.05) is 32.1 Å². The first-order valence-corrected chi connectivity index (χ1v) is 9.27. The summed E-state index contributed by atoms with van der Waals surface area (Å²) in [4.78, 5) is 30.1. The molecule has 28 heavy (non-hydrogen) atoms. The molecular weight excluding hydrogens is 378 g/mol. The Balaban J connectivity index is 0.00000280. The van der Waals surface area contributed by atoms with Crippen LogP contribution in [0.3, 0.4) is 0 Å². The van der Waals surface area contributed by atoms with Crippen LogP contribution in [0, 0.1) is 0 Å². The zero-order chi connectivity index (χ0) is 19.2. The minimum atomic E-state index is -0.268. The zero-order valence-electron chi connectivity index (χ0n) is 16.6. The molecule has 152 valence electrons. The van der Waals surface area contributed by atoms with Crippen LogP contribution in [0.5, 0.6) is 5.88 Å². The highest BCUT2D eigenvalue weighted by molar-refractivity contribution is 5.85. The third kappa shape index (κ3) is 5.81. The van der Waals surface area contributed by atoms with Crippen LogP contribution >= 0.6 is 12.4 Å². The zero-order valence-corrected chi connectivity index (χ0v) is 17.4. The molecule has 8 heteroatoms. The summed E-state index contributed by atoms with van der Waals surface area (Å²) in [5.74, 6) is 1.08. The van der Waals surface area contributed by atoms with Gasteiger partial charge in [0.15, 0.2) is 5.82 Å². The van der Waals surface area contributed by atoms with E-state index in [1.807, 2.05) is 25.1 Å². The summed E-state index contributed by atoms with van der Waals surface area (Å²) in [6, 6.07) is 10.5. The summed E-state index contributed by atoms with van der Waals surface area (Å²) in [5.41, 5.74) is 4.53. The van der Waals surface area contributed by atoms with E-state index in [-0.39, 0.29) is 24.2 Å².